The molecule has 0 aromatic carbocycles. The molecule has 0 bridgehead atoms. The van der Waals surface area contributed by atoms with Crippen LogP contribution in [0.1, 0.15) is 11.8 Å². The molecule has 0 aliphatic heterocycles. The van der Waals surface area contributed by atoms with Crippen molar-refractivity contribution in [3.63, 3.8) is 0 Å². The van der Waals surface area contributed by atoms with Crippen LogP contribution in [0.2, 0.25) is 0 Å². The van der Waals surface area contributed by atoms with Crippen LogP contribution in [-0.4, -0.2) is 17.9 Å². The summed E-state index contributed by atoms with van der Waals surface area (Å²) in [7, 11) is 1.72. The number of hydrogen-bond donors (Lipinski definition) is 0. The average molecular weight is 260 g/mol. The molecule has 2 nitrogen and oxygen atoms in total. The summed E-state index contributed by atoms with van der Waals surface area (Å²) in [5.74, 6) is -0.00507. The van der Waals surface area contributed by atoms with Gasteiger partial charge in [0, 0.05) is 14.0 Å². The van der Waals surface area contributed by atoms with Crippen molar-refractivity contribution in [2.45, 2.75) is 6.92 Å². The van der Waals surface area contributed by atoms with Crippen LogP contribution in [0.5, 0.6) is 0 Å². The number of halogens is 1. The molecule has 0 spiro atoms. The lowest BCUT2D eigenvalue weighted by Crippen LogP contribution is -2.20. The maximum absolute atomic E-state index is 11.0. The smallest absolute Gasteiger partial charge is 0.223 e. The van der Waals surface area contributed by atoms with E-state index in [-0.39, 0.29) is 5.91 Å². The second kappa shape index (κ2) is 4.07. The monoisotopic (exact) mass is 259 g/mol. The van der Waals surface area contributed by atoms with E-state index < -0.39 is 0 Å². The van der Waals surface area contributed by atoms with Crippen molar-refractivity contribution in [2.75, 3.05) is 7.05 Å². The number of carbonyl (C=O) groups excluding carboxylic acids is 1. The van der Waals surface area contributed by atoms with Gasteiger partial charge in [-0.25, -0.2) is 0 Å². The maximum Gasteiger partial charge on any atom is 0.223 e. The predicted octanol–water partition coefficient (Wildman–Crippen LogP) is 2.96. The Labute approximate surface area is 90.0 Å². The highest BCUT2D eigenvalue weighted by atomic mass is 79.9. The van der Waals surface area contributed by atoms with Crippen molar-refractivity contribution in [3.8, 4) is 0 Å². The lowest BCUT2D eigenvalue weighted by Gasteiger charge is -2.15. The summed E-state index contributed by atoms with van der Waals surface area (Å²) < 4.78 is 1.04. The molecule has 4 heteroatoms. The van der Waals surface area contributed by atoms with Gasteiger partial charge in [-0.2, -0.15) is 0 Å². The molecule has 1 rings (SSSR count). The summed E-state index contributed by atoms with van der Waals surface area (Å²) in [6.07, 6.45) is 0. The van der Waals surface area contributed by atoms with E-state index >= 15 is 0 Å². The maximum atomic E-state index is 11.0. The molecule has 70 valence electrons. The van der Waals surface area contributed by atoms with Crippen LogP contribution < -0.4 is 0 Å². The van der Waals surface area contributed by atoms with Gasteiger partial charge in [0.05, 0.1) is 14.4 Å². The fraction of sp³-hybridized carbons (Fsp3) is 0.222. The number of thiophene rings is 1. The Bertz CT molecular complexity index is 345. The van der Waals surface area contributed by atoms with E-state index in [1.807, 2.05) is 12.1 Å². The van der Waals surface area contributed by atoms with E-state index in [0.717, 1.165) is 14.4 Å². The van der Waals surface area contributed by atoms with E-state index in [4.69, 9.17) is 0 Å². The SMILES string of the molecule is C=C(c1ccc(Br)s1)N(C)C(C)=O. The predicted molar refractivity (Wildman–Crippen MR) is 59.5 cm³/mol. The highest BCUT2D eigenvalue weighted by Crippen LogP contribution is 2.28. The zero-order valence-electron chi connectivity index (χ0n) is 7.50. The Kier molecular flexibility index (Phi) is 3.27. The fourth-order valence-corrected chi connectivity index (χ4v) is 2.22. The molecule has 0 aliphatic carbocycles. The Balaban J connectivity index is 2.85. The first kappa shape index (κ1) is 10.5. The fourth-order valence-electron chi connectivity index (χ4n) is 0.825. The number of rotatable bonds is 2. The lowest BCUT2D eigenvalue weighted by atomic mass is 10.3. The van der Waals surface area contributed by atoms with Crippen molar-refractivity contribution in [1.82, 2.24) is 4.90 Å². The van der Waals surface area contributed by atoms with Crippen molar-refractivity contribution in [3.05, 3.63) is 27.4 Å². The third-order valence-electron chi connectivity index (χ3n) is 1.73. The third kappa shape index (κ3) is 2.42. The van der Waals surface area contributed by atoms with Gasteiger partial charge in [-0.3, -0.25) is 4.79 Å². The number of nitrogens with zero attached hydrogens (tertiary/aromatic N) is 1. The summed E-state index contributed by atoms with van der Waals surface area (Å²) in [6, 6.07) is 3.88. The average Bonchev–Trinajstić information content (AvgIpc) is 2.49. The van der Waals surface area contributed by atoms with Crippen LogP contribution in [0.15, 0.2) is 22.5 Å². The van der Waals surface area contributed by atoms with E-state index in [0.29, 0.717) is 0 Å². The molecule has 13 heavy (non-hydrogen) atoms. The van der Waals surface area contributed by atoms with Crippen LogP contribution in [0.4, 0.5) is 0 Å². The van der Waals surface area contributed by atoms with Crippen molar-refractivity contribution in [2.24, 2.45) is 0 Å². The summed E-state index contributed by atoms with van der Waals surface area (Å²) in [6.45, 7) is 5.38. The molecule has 1 amide bonds. The van der Waals surface area contributed by atoms with E-state index in [1.54, 1.807) is 18.4 Å². The lowest BCUT2D eigenvalue weighted by molar-refractivity contribution is -0.124. The van der Waals surface area contributed by atoms with Gasteiger partial charge in [0.2, 0.25) is 5.91 Å². The largest absolute Gasteiger partial charge is 0.315 e. The standard InChI is InChI=1S/C9H10BrNOS/c1-6(11(3)7(2)12)8-4-5-9(10)13-8/h4-5H,1H2,2-3H3. The molecule has 1 aromatic heterocycles. The molecule has 0 atom stereocenters. The van der Waals surface area contributed by atoms with Crippen LogP contribution in [-0.2, 0) is 4.79 Å². The molecule has 0 fully saturated rings. The number of amides is 1. The van der Waals surface area contributed by atoms with Gasteiger partial charge in [0.1, 0.15) is 0 Å². The van der Waals surface area contributed by atoms with Crippen molar-refractivity contribution in [1.29, 1.82) is 0 Å². The molecule has 1 heterocycles. The Morgan fingerprint density at radius 1 is 1.62 bits per heavy atom. The summed E-state index contributed by atoms with van der Waals surface area (Å²) in [4.78, 5) is 13.6. The highest BCUT2D eigenvalue weighted by Gasteiger charge is 2.10. The van der Waals surface area contributed by atoms with Gasteiger partial charge < -0.3 is 4.90 Å². The normalized spacial score (nSPS) is 9.77. The first-order valence-electron chi connectivity index (χ1n) is 3.71. The highest BCUT2D eigenvalue weighted by molar-refractivity contribution is 9.11. The minimum atomic E-state index is -0.00507. The topological polar surface area (TPSA) is 20.3 Å². The molecule has 0 saturated carbocycles. The van der Waals surface area contributed by atoms with Gasteiger partial charge in [-0.05, 0) is 28.1 Å². The molecule has 1 aromatic rings. The number of carbonyl (C=O) groups is 1. The van der Waals surface area contributed by atoms with Gasteiger partial charge in [0.25, 0.3) is 0 Å². The van der Waals surface area contributed by atoms with Gasteiger partial charge in [-0.1, -0.05) is 6.58 Å². The van der Waals surface area contributed by atoms with Crippen molar-refractivity contribution >= 4 is 38.9 Å². The zero-order chi connectivity index (χ0) is 10.0. The van der Waals surface area contributed by atoms with Gasteiger partial charge in [-0.15, -0.1) is 11.3 Å². The summed E-state index contributed by atoms with van der Waals surface area (Å²) in [5.41, 5.74) is 0.739. The van der Waals surface area contributed by atoms with E-state index in [9.17, 15) is 4.79 Å². The molecule has 0 saturated heterocycles. The van der Waals surface area contributed by atoms with Crippen LogP contribution in [0.3, 0.4) is 0 Å². The Hall–Kier alpha value is -0.610. The Morgan fingerprint density at radius 2 is 2.23 bits per heavy atom. The first-order chi connectivity index (χ1) is 6.02. The molecule has 0 aliphatic rings. The second-order valence-electron chi connectivity index (χ2n) is 2.63. The quantitative estimate of drug-likeness (QED) is 0.800. The zero-order valence-corrected chi connectivity index (χ0v) is 9.91. The minimum absolute atomic E-state index is 0.00507. The van der Waals surface area contributed by atoms with Crippen molar-refractivity contribution < 1.29 is 4.79 Å². The first-order valence-corrected chi connectivity index (χ1v) is 5.32. The molecule has 0 unspecified atom stereocenters. The minimum Gasteiger partial charge on any atom is -0.315 e. The third-order valence-corrected chi connectivity index (χ3v) is 3.41. The number of hydrogen-bond acceptors (Lipinski definition) is 2. The molecule has 0 radical (unpaired) electrons. The second-order valence-corrected chi connectivity index (χ2v) is 5.09. The van der Waals surface area contributed by atoms with E-state index in [1.165, 1.54) is 11.8 Å². The summed E-state index contributed by atoms with van der Waals surface area (Å²) in [5, 5.41) is 0. The summed E-state index contributed by atoms with van der Waals surface area (Å²) >= 11 is 4.93. The van der Waals surface area contributed by atoms with Crippen LogP contribution in [0, 0.1) is 0 Å². The van der Waals surface area contributed by atoms with Crippen LogP contribution >= 0.6 is 27.3 Å². The van der Waals surface area contributed by atoms with E-state index in [2.05, 4.69) is 22.5 Å². The molecular weight excluding hydrogens is 250 g/mol. The Morgan fingerprint density at radius 3 is 2.62 bits per heavy atom. The van der Waals surface area contributed by atoms with Gasteiger partial charge in [0.15, 0.2) is 0 Å². The molecule has 0 N–H and O–H groups in total. The molecular formula is C9H10BrNOS. The van der Waals surface area contributed by atoms with Crippen LogP contribution in [0.25, 0.3) is 5.70 Å². The van der Waals surface area contributed by atoms with Gasteiger partial charge >= 0.3 is 0 Å².